The van der Waals surface area contributed by atoms with Crippen molar-refractivity contribution < 1.29 is 19.1 Å². The number of esters is 1. The minimum Gasteiger partial charge on any atom is -0.497 e. The molecule has 0 saturated heterocycles. The van der Waals surface area contributed by atoms with Gasteiger partial charge < -0.3 is 25.0 Å². The lowest BCUT2D eigenvalue weighted by Crippen LogP contribution is -2.45. The smallest absolute Gasteiger partial charge is 0.338 e. The van der Waals surface area contributed by atoms with Gasteiger partial charge in [0.25, 0.3) is 0 Å². The Morgan fingerprint density at radius 2 is 1.68 bits per heavy atom. The van der Waals surface area contributed by atoms with Gasteiger partial charge in [0.2, 0.25) is 0 Å². The number of urea groups is 1. The van der Waals surface area contributed by atoms with Gasteiger partial charge in [0.15, 0.2) is 0 Å². The highest BCUT2D eigenvalue weighted by molar-refractivity contribution is 5.95. The second-order valence-electron chi connectivity index (χ2n) is 7.26. The van der Waals surface area contributed by atoms with Crippen molar-refractivity contribution in [1.29, 1.82) is 0 Å². The average molecular weight is 424 g/mol. The molecule has 1 aliphatic rings. The third-order valence-corrected chi connectivity index (χ3v) is 5.37. The summed E-state index contributed by atoms with van der Waals surface area (Å²) >= 11 is 0. The number of nitrogens with zero attached hydrogens (tertiary/aromatic N) is 1. The molecule has 0 radical (unpaired) electrons. The van der Waals surface area contributed by atoms with Crippen LogP contribution in [0.4, 0.5) is 10.5 Å². The number of methoxy groups -OCH3 is 1. The van der Waals surface area contributed by atoms with Crippen molar-refractivity contribution in [2.45, 2.75) is 33.4 Å². The Kier molecular flexibility index (Phi) is 7.18. The summed E-state index contributed by atoms with van der Waals surface area (Å²) < 4.78 is 10.7. The molecule has 2 amide bonds. The van der Waals surface area contributed by atoms with E-state index in [-0.39, 0.29) is 12.6 Å². The molecule has 7 heteroatoms. The maximum atomic E-state index is 13.0. The van der Waals surface area contributed by atoms with Crippen molar-refractivity contribution in [1.82, 2.24) is 10.6 Å². The van der Waals surface area contributed by atoms with Crippen LogP contribution in [0.2, 0.25) is 0 Å². The molecular weight excluding hydrogens is 394 g/mol. The van der Waals surface area contributed by atoms with E-state index in [1.54, 1.807) is 14.0 Å². The Labute approximate surface area is 183 Å². The molecule has 2 aromatic carbocycles. The zero-order valence-electron chi connectivity index (χ0n) is 18.4. The van der Waals surface area contributed by atoms with Gasteiger partial charge in [-0.2, -0.15) is 0 Å². The van der Waals surface area contributed by atoms with Gasteiger partial charge in [-0.15, -0.1) is 0 Å². The van der Waals surface area contributed by atoms with E-state index in [2.05, 4.69) is 29.4 Å². The van der Waals surface area contributed by atoms with Crippen LogP contribution in [0, 0.1) is 0 Å². The molecule has 0 aromatic heterocycles. The lowest BCUT2D eigenvalue weighted by molar-refractivity contribution is -0.140. The summed E-state index contributed by atoms with van der Waals surface area (Å²) in [6.45, 7) is 7.85. The number of carbonyl (C=O) groups is 2. The SMILES string of the molecule is CCN(CC)c1ccc([C@@H]2NC(=O)NC(C)=C2C(=O)OCc2ccc(OC)cc2)cc1. The average Bonchev–Trinajstić information content (AvgIpc) is 2.78. The highest BCUT2D eigenvalue weighted by atomic mass is 16.5. The van der Waals surface area contributed by atoms with Gasteiger partial charge in [-0.3, -0.25) is 0 Å². The molecule has 1 heterocycles. The Hall–Kier alpha value is -3.48. The van der Waals surface area contributed by atoms with E-state index in [0.717, 1.165) is 35.7 Å². The second-order valence-corrected chi connectivity index (χ2v) is 7.26. The van der Waals surface area contributed by atoms with Crippen LogP contribution in [0.1, 0.15) is 37.9 Å². The highest BCUT2D eigenvalue weighted by Crippen LogP contribution is 2.29. The number of hydrogen-bond donors (Lipinski definition) is 2. The first-order valence-corrected chi connectivity index (χ1v) is 10.4. The molecule has 0 fully saturated rings. The standard InChI is InChI=1S/C24H29N3O4/c1-5-27(6-2)19-11-9-18(10-12-19)22-21(16(3)25-24(29)26-22)23(28)31-15-17-7-13-20(30-4)14-8-17/h7-14,22H,5-6,15H2,1-4H3,(H2,25,26,29)/t22-/m0/s1. The van der Waals surface area contributed by atoms with Crippen LogP contribution in [0.5, 0.6) is 5.75 Å². The molecule has 2 aromatic rings. The Bertz CT molecular complexity index is 948. The van der Waals surface area contributed by atoms with Gasteiger partial charge >= 0.3 is 12.0 Å². The number of hydrogen-bond acceptors (Lipinski definition) is 5. The third kappa shape index (κ3) is 5.17. The first-order valence-electron chi connectivity index (χ1n) is 10.4. The fourth-order valence-electron chi connectivity index (χ4n) is 3.63. The van der Waals surface area contributed by atoms with Crippen molar-refractivity contribution in [3.8, 4) is 5.75 Å². The van der Waals surface area contributed by atoms with E-state index in [1.807, 2.05) is 48.5 Å². The lowest BCUT2D eigenvalue weighted by Gasteiger charge is -2.29. The number of allylic oxidation sites excluding steroid dienone is 1. The fraction of sp³-hybridized carbons (Fsp3) is 0.333. The van der Waals surface area contributed by atoms with Crippen molar-refractivity contribution in [2.24, 2.45) is 0 Å². The molecule has 1 atom stereocenters. The van der Waals surface area contributed by atoms with E-state index in [1.165, 1.54) is 0 Å². The Morgan fingerprint density at radius 1 is 1.03 bits per heavy atom. The monoisotopic (exact) mass is 423 g/mol. The number of anilines is 1. The van der Waals surface area contributed by atoms with Crippen molar-refractivity contribution in [2.75, 3.05) is 25.1 Å². The minimum absolute atomic E-state index is 0.126. The molecule has 2 N–H and O–H groups in total. The predicted molar refractivity (Wildman–Crippen MR) is 120 cm³/mol. The van der Waals surface area contributed by atoms with E-state index in [0.29, 0.717) is 11.3 Å². The number of rotatable bonds is 8. The summed E-state index contributed by atoms with van der Waals surface area (Å²) in [4.78, 5) is 27.3. The molecule has 0 saturated carbocycles. The first-order chi connectivity index (χ1) is 15.0. The Morgan fingerprint density at radius 3 is 2.26 bits per heavy atom. The van der Waals surface area contributed by atoms with Crippen LogP contribution in [-0.4, -0.2) is 32.2 Å². The van der Waals surface area contributed by atoms with Gasteiger partial charge in [0, 0.05) is 24.5 Å². The van der Waals surface area contributed by atoms with Crippen molar-refractivity contribution in [3.05, 3.63) is 70.9 Å². The molecule has 0 unspecified atom stereocenters. The van der Waals surface area contributed by atoms with Crippen LogP contribution < -0.4 is 20.3 Å². The molecule has 7 nitrogen and oxygen atoms in total. The molecule has 0 bridgehead atoms. The summed E-state index contributed by atoms with van der Waals surface area (Å²) in [5.74, 6) is 0.264. The predicted octanol–water partition coefficient (Wildman–Crippen LogP) is 3.91. The molecule has 0 spiro atoms. The molecule has 31 heavy (non-hydrogen) atoms. The summed E-state index contributed by atoms with van der Waals surface area (Å²) in [6.07, 6.45) is 0. The minimum atomic E-state index is -0.581. The fourth-order valence-corrected chi connectivity index (χ4v) is 3.63. The maximum Gasteiger partial charge on any atom is 0.338 e. The molecule has 164 valence electrons. The number of nitrogens with one attached hydrogen (secondary N) is 2. The Balaban J connectivity index is 1.79. The van der Waals surface area contributed by atoms with Crippen molar-refractivity contribution >= 4 is 17.7 Å². The largest absolute Gasteiger partial charge is 0.497 e. The topological polar surface area (TPSA) is 79.9 Å². The van der Waals surface area contributed by atoms with Gasteiger partial charge in [-0.05, 0) is 56.2 Å². The first kappa shape index (κ1) is 22.2. The van der Waals surface area contributed by atoms with Gasteiger partial charge in [0.05, 0.1) is 18.7 Å². The highest BCUT2D eigenvalue weighted by Gasteiger charge is 2.32. The zero-order valence-corrected chi connectivity index (χ0v) is 18.4. The van der Waals surface area contributed by atoms with Crippen LogP contribution in [-0.2, 0) is 16.1 Å². The second kappa shape index (κ2) is 10.0. The van der Waals surface area contributed by atoms with Crippen LogP contribution in [0.3, 0.4) is 0 Å². The summed E-state index contributed by atoms with van der Waals surface area (Å²) in [5, 5.41) is 5.52. The van der Waals surface area contributed by atoms with Crippen LogP contribution in [0.15, 0.2) is 59.8 Å². The van der Waals surface area contributed by atoms with Gasteiger partial charge in [-0.25, -0.2) is 9.59 Å². The molecule has 1 aliphatic heterocycles. The summed E-state index contributed by atoms with van der Waals surface area (Å²) in [6, 6.07) is 14.3. The van der Waals surface area contributed by atoms with Gasteiger partial charge in [0.1, 0.15) is 12.4 Å². The molecule has 3 rings (SSSR count). The summed E-state index contributed by atoms with van der Waals surface area (Å²) in [5.41, 5.74) is 3.64. The molecular formula is C24H29N3O4. The maximum absolute atomic E-state index is 13.0. The van der Waals surface area contributed by atoms with Gasteiger partial charge in [-0.1, -0.05) is 24.3 Å². The van der Waals surface area contributed by atoms with E-state index < -0.39 is 12.0 Å². The quantitative estimate of drug-likeness (QED) is 0.630. The van der Waals surface area contributed by atoms with Crippen LogP contribution in [0.25, 0.3) is 0 Å². The van der Waals surface area contributed by atoms with E-state index >= 15 is 0 Å². The van der Waals surface area contributed by atoms with Crippen molar-refractivity contribution in [3.63, 3.8) is 0 Å². The molecule has 0 aliphatic carbocycles. The number of carbonyl (C=O) groups excluding carboxylic acids is 2. The third-order valence-electron chi connectivity index (χ3n) is 5.37. The normalized spacial score (nSPS) is 15.7. The van der Waals surface area contributed by atoms with E-state index in [4.69, 9.17) is 9.47 Å². The van der Waals surface area contributed by atoms with Crippen LogP contribution >= 0.6 is 0 Å². The van der Waals surface area contributed by atoms with E-state index in [9.17, 15) is 9.59 Å². The summed E-state index contributed by atoms with van der Waals surface area (Å²) in [7, 11) is 1.60. The number of benzene rings is 2. The number of amides is 2. The lowest BCUT2D eigenvalue weighted by atomic mass is 9.95. The number of ether oxygens (including phenoxy) is 2. The zero-order chi connectivity index (χ0) is 22.4.